The number of aliphatic hydroxyl groups is 2. The predicted octanol–water partition coefficient (Wildman–Crippen LogP) is 11.9. The molecular weight excluding hydrogens is 829 g/mol. The first-order valence-electron chi connectivity index (χ1n) is 25.6. The lowest BCUT2D eigenvalue weighted by molar-refractivity contribution is -0.301. The lowest BCUT2D eigenvalue weighted by Gasteiger charge is -2.40. The zero-order valence-corrected chi connectivity index (χ0v) is 40.7. The minimum Gasteiger partial charge on any atom is -0.479 e. The molecule has 0 aromatic rings. The number of aliphatic carboxylic acids is 1. The molecule has 65 heavy (non-hydrogen) atoms. The van der Waals surface area contributed by atoms with Crippen molar-refractivity contribution in [2.45, 2.75) is 250 Å². The first kappa shape index (κ1) is 59.7. The molecule has 0 aromatic carbocycles. The monoisotopic (exact) mass is 919 g/mol. The summed E-state index contributed by atoms with van der Waals surface area (Å²) < 4.78 is 28.2. The third-order valence-corrected chi connectivity index (χ3v) is 11.4. The van der Waals surface area contributed by atoms with E-state index in [1.165, 1.54) is 44.9 Å². The third-order valence-electron chi connectivity index (χ3n) is 11.4. The maximum absolute atomic E-state index is 13.0. The van der Waals surface area contributed by atoms with E-state index < -0.39 is 67.3 Å². The molecule has 1 heterocycles. The summed E-state index contributed by atoms with van der Waals surface area (Å²) >= 11 is 0. The summed E-state index contributed by atoms with van der Waals surface area (Å²) in [6.07, 6.45) is 35.5. The summed E-state index contributed by atoms with van der Waals surface area (Å²) in [6.45, 7) is 5.76. The zero-order chi connectivity index (χ0) is 47.6. The van der Waals surface area contributed by atoms with Crippen LogP contribution in [0.25, 0.3) is 0 Å². The molecule has 1 saturated heterocycles. The SMILES string of the molecule is CC/C=C\C/C=C\C/C=C\CCCCCCCC(=O)OCC(COC1OC(C(=O)O)C(O)C(O)C1OC(=O)CCCCCCC/C=C\CCCC)OC(=O)CCCCCCCCCCC. The van der Waals surface area contributed by atoms with Crippen LogP contribution in [0.2, 0.25) is 0 Å². The van der Waals surface area contributed by atoms with Crippen LogP contribution in [0.15, 0.2) is 48.6 Å². The number of carbonyl (C=O) groups is 4. The van der Waals surface area contributed by atoms with Gasteiger partial charge in [-0.3, -0.25) is 14.4 Å². The number of unbranched alkanes of at least 4 members (excludes halogenated alkanes) is 20. The highest BCUT2D eigenvalue weighted by Gasteiger charge is 2.50. The van der Waals surface area contributed by atoms with Crippen molar-refractivity contribution in [3.05, 3.63) is 48.6 Å². The molecule has 1 fully saturated rings. The fourth-order valence-corrected chi connectivity index (χ4v) is 7.42. The lowest BCUT2D eigenvalue weighted by Crippen LogP contribution is -2.61. The van der Waals surface area contributed by atoms with Crippen LogP contribution in [0.5, 0.6) is 0 Å². The van der Waals surface area contributed by atoms with E-state index in [0.29, 0.717) is 19.3 Å². The highest BCUT2D eigenvalue weighted by molar-refractivity contribution is 5.74. The average Bonchev–Trinajstić information content (AvgIpc) is 3.29. The Hall–Kier alpha value is -3.32. The Bertz CT molecular complexity index is 1330. The molecular formula is C53H90O12. The van der Waals surface area contributed by atoms with Gasteiger partial charge in [0.2, 0.25) is 0 Å². The Morgan fingerprint density at radius 3 is 1.54 bits per heavy atom. The van der Waals surface area contributed by atoms with E-state index >= 15 is 0 Å². The first-order valence-corrected chi connectivity index (χ1v) is 25.6. The topological polar surface area (TPSA) is 175 Å². The van der Waals surface area contributed by atoms with Gasteiger partial charge in [-0.2, -0.15) is 0 Å². The molecule has 374 valence electrons. The Morgan fingerprint density at radius 1 is 0.523 bits per heavy atom. The number of hydrogen-bond acceptors (Lipinski definition) is 11. The number of esters is 3. The summed E-state index contributed by atoms with van der Waals surface area (Å²) in [6, 6.07) is 0. The molecule has 0 aliphatic carbocycles. The van der Waals surface area contributed by atoms with Crippen LogP contribution >= 0.6 is 0 Å². The number of rotatable bonds is 42. The normalized spacial score (nSPS) is 19.4. The Balaban J connectivity index is 2.73. The zero-order valence-electron chi connectivity index (χ0n) is 40.7. The average molecular weight is 919 g/mol. The number of hydrogen-bond donors (Lipinski definition) is 3. The van der Waals surface area contributed by atoms with Crippen LogP contribution in [0.4, 0.5) is 0 Å². The van der Waals surface area contributed by atoms with Crippen molar-refractivity contribution in [1.82, 2.24) is 0 Å². The predicted molar refractivity (Wildman–Crippen MR) is 257 cm³/mol. The van der Waals surface area contributed by atoms with E-state index in [9.17, 15) is 34.5 Å². The van der Waals surface area contributed by atoms with Crippen LogP contribution in [-0.4, -0.2) is 89.2 Å². The summed E-state index contributed by atoms with van der Waals surface area (Å²) in [5.74, 6) is -3.15. The number of aliphatic hydroxyl groups excluding tert-OH is 2. The van der Waals surface area contributed by atoms with Crippen molar-refractivity contribution in [2.75, 3.05) is 13.2 Å². The van der Waals surface area contributed by atoms with Crippen molar-refractivity contribution in [3.8, 4) is 0 Å². The minimum atomic E-state index is -1.90. The summed E-state index contributed by atoms with van der Waals surface area (Å²) in [5.41, 5.74) is 0. The molecule has 6 unspecified atom stereocenters. The standard InChI is InChI=1S/C53H90O12/c1-4-7-10-13-16-19-21-22-23-24-26-28-30-33-36-39-45(54)61-42-44(63-46(55)40-37-34-31-27-18-15-12-9-6-3)43-62-53-51(49(58)48(57)50(65-53)52(59)60)64-47(56)41-38-35-32-29-25-20-17-14-11-8-5-2/h7,10,14,16-17,19,22-23,44,48-51,53,57-58H,4-6,8-9,11-13,15,18,20-21,24-43H2,1-3H3,(H,59,60)/b10-7-,17-14-,19-16-,23-22-. The second-order valence-corrected chi connectivity index (χ2v) is 17.4. The molecule has 0 spiro atoms. The highest BCUT2D eigenvalue weighted by Crippen LogP contribution is 2.26. The van der Waals surface area contributed by atoms with Crippen molar-refractivity contribution in [3.63, 3.8) is 0 Å². The van der Waals surface area contributed by atoms with Gasteiger partial charge in [0, 0.05) is 19.3 Å². The lowest BCUT2D eigenvalue weighted by atomic mass is 9.98. The summed E-state index contributed by atoms with van der Waals surface area (Å²) in [7, 11) is 0. The van der Waals surface area contributed by atoms with Gasteiger partial charge in [-0.1, -0.05) is 172 Å². The Kier molecular flexibility index (Phi) is 38.6. The smallest absolute Gasteiger partial charge is 0.335 e. The largest absolute Gasteiger partial charge is 0.479 e. The van der Waals surface area contributed by atoms with Crippen LogP contribution in [0, 0.1) is 0 Å². The fraction of sp³-hybridized carbons (Fsp3) is 0.774. The molecule has 0 bridgehead atoms. The Labute approximate surface area is 393 Å². The van der Waals surface area contributed by atoms with Crippen molar-refractivity contribution >= 4 is 23.9 Å². The molecule has 1 rings (SSSR count). The van der Waals surface area contributed by atoms with Gasteiger partial charge in [0.05, 0.1) is 6.61 Å². The molecule has 0 aromatic heterocycles. The van der Waals surface area contributed by atoms with Crippen molar-refractivity contribution in [1.29, 1.82) is 0 Å². The van der Waals surface area contributed by atoms with Gasteiger partial charge in [-0.05, 0) is 70.6 Å². The first-order chi connectivity index (χ1) is 31.6. The summed E-state index contributed by atoms with van der Waals surface area (Å²) in [5, 5.41) is 31.2. The van der Waals surface area contributed by atoms with Gasteiger partial charge in [0.1, 0.15) is 18.8 Å². The van der Waals surface area contributed by atoms with E-state index in [1.54, 1.807) is 0 Å². The Morgan fingerprint density at radius 2 is 0.985 bits per heavy atom. The van der Waals surface area contributed by atoms with Gasteiger partial charge in [-0.25, -0.2) is 4.79 Å². The number of carboxylic acid groups (broad SMARTS) is 1. The minimum absolute atomic E-state index is 0.0491. The van der Waals surface area contributed by atoms with Gasteiger partial charge >= 0.3 is 23.9 Å². The van der Waals surface area contributed by atoms with E-state index in [2.05, 4.69) is 69.4 Å². The highest BCUT2D eigenvalue weighted by atomic mass is 16.7. The van der Waals surface area contributed by atoms with Gasteiger partial charge in [-0.15, -0.1) is 0 Å². The van der Waals surface area contributed by atoms with Crippen LogP contribution in [0.3, 0.4) is 0 Å². The van der Waals surface area contributed by atoms with Crippen LogP contribution in [-0.2, 0) is 42.9 Å². The van der Waals surface area contributed by atoms with Gasteiger partial charge in [0.15, 0.2) is 24.6 Å². The second-order valence-electron chi connectivity index (χ2n) is 17.4. The maximum Gasteiger partial charge on any atom is 0.335 e. The number of ether oxygens (including phenoxy) is 5. The molecule has 3 N–H and O–H groups in total. The van der Waals surface area contributed by atoms with E-state index in [4.69, 9.17) is 23.7 Å². The van der Waals surface area contributed by atoms with Crippen molar-refractivity contribution in [2.24, 2.45) is 0 Å². The molecule has 0 saturated carbocycles. The fourth-order valence-electron chi connectivity index (χ4n) is 7.42. The van der Waals surface area contributed by atoms with E-state index in [0.717, 1.165) is 109 Å². The van der Waals surface area contributed by atoms with E-state index in [1.807, 2.05) is 0 Å². The summed E-state index contributed by atoms with van der Waals surface area (Å²) in [4.78, 5) is 50.7. The third kappa shape index (κ3) is 32.9. The molecule has 12 heteroatoms. The maximum atomic E-state index is 13.0. The number of carbonyl (C=O) groups excluding carboxylic acids is 3. The molecule has 1 aliphatic rings. The quantitative estimate of drug-likeness (QED) is 0.0229. The second kappa shape index (κ2) is 42.1. The van der Waals surface area contributed by atoms with Crippen LogP contribution < -0.4 is 0 Å². The van der Waals surface area contributed by atoms with Crippen LogP contribution in [0.1, 0.15) is 213 Å². The van der Waals surface area contributed by atoms with E-state index in [-0.39, 0.29) is 25.9 Å². The molecule has 6 atom stereocenters. The molecule has 12 nitrogen and oxygen atoms in total. The molecule has 1 aliphatic heterocycles. The van der Waals surface area contributed by atoms with Gasteiger partial charge < -0.3 is 39.0 Å². The molecule has 0 radical (unpaired) electrons. The van der Waals surface area contributed by atoms with Crippen molar-refractivity contribution < 1.29 is 58.2 Å². The number of carboxylic acids is 1. The number of allylic oxidation sites excluding steroid dienone is 8. The van der Waals surface area contributed by atoms with Gasteiger partial charge in [0.25, 0.3) is 0 Å². The molecule has 0 amide bonds.